The quantitative estimate of drug-likeness (QED) is 0.387. The predicted octanol–water partition coefficient (Wildman–Crippen LogP) is 6.07. The molecule has 0 unspecified atom stereocenters. The summed E-state index contributed by atoms with van der Waals surface area (Å²) in [7, 11) is 0. The van der Waals surface area contributed by atoms with Crippen LogP contribution in [0, 0.1) is 5.41 Å². The van der Waals surface area contributed by atoms with Crippen LogP contribution in [0.5, 0.6) is 5.75 Å². The van der Waals surface area contributed by atoms with Crippen molar-refractivity contribution in [1.29, 1.82) is 0 Å². The van der Waals surface area contributed by atoms with Crippen LogP contribution in [0.25, 0.3) is 6.08 Å². The summed E-state index contributed by atoms with van der Waals surface area (Å²) in [5.41, 5.74) is 1.04. The van der Waals surface area contributed by atoms with Crippen LogP contribution in [0.15, 0.2) is 67.3 Å². The Hall–Kier alpha value is -2.99. The maximum absolute atomic E-state index is 12.0. The number of hydrogen-bond donors (Lipinski definition) is 1. The van der Waals surface area contributed by atoms with Gasteiger partial charge in [-0.1, -0.05) is 62.9 Å². The SMILES string of the molecule is C=Cc1ccc(C(=O)OSOc2ccc(C(C)(C)/C=C/C(C)(C)C(=O)O)cc2)cc1. The monoisotopic (exact) mass is 426 g/mol. The Labute approximate surface area is 181 Å². The molecule has 0 saturated heterocycles. The van der Waals surface area contributed by atoms with Gasteiger partial charge in [-0.15, -0.1) is 0 Å². The number of rotatable bonds is 9. The number of hydrogen-bond acceptors (Lipinski definition) is 5. The van der Waals surface area contributed by atoms with E-state index in [1.165, 1.54) is 0 Å². The second kappa shape index (κ2) is 9.67. The molecule has 2 aromatic carbocycles. The fraction of sp³-hybridized carbons (Fsp3) is 0.250. The number of carbonyl (C=O) groups excluding carboxylic acids is 1. The van der Waals surface area contributed by atoms with Crippen molar-refractivity contribution in [2.75, 3.05) is 0 Å². The second-order valence-corrected chi connectivity index (χ2v) is 8.42. The van der Waals surface area contributed by atoms with E-state index in [1.807, 2.05) is 32.1 Å². The molecule has 1 N–H and O–H groups in total. The van der Waals surface area contributed by atoms with Gasteiger partial charge in [-0.3, -0.25) is 4.79 Å². The third kappa shape index (κ3) is 6.26. The molecule has 0 atom stereocenters. The lowest BCUT2D eigenvalue weighted by Gasteiger charge is -2.23. The highest BCUT2D eigenvalue weighted by atomic mass is 32.2. The molecular formula is C24H26O5S. The Kier molecular flexibility index (Phi) is 7.51. The van der Waals surface area contributed by atoms with Crippen molar-refractivity contribution in [3.05, 3.63) is 84.0 Å². The molecule has 0 heterocycles. The summed E-state index contributed by atoms with van der Waals surface area (Å²) >= 11 is 0.600. The summed E-state index contributed by atoms with van der Waals surface area (Å²) in [6.07, 6.45) is 5.29. The van der Waals surface area contributed by atoms with Crippen molar-refractivity contribution in [2.24, 2.45) is 5.41 Å². The first-order valence-electron chi connectivity index (χ1n) is 9.37. The predicted molar refractivity (Wildman–Crippen MR) is 120 cm³/mol. The number of carboxylic acid groups (broad SMARTS) is 1. The summed E-state index contributed by atoms with van der Waals surface area (Å²) in [6, 6.07) is 14.2. The summed E-state index contributed by atoms with van der Waals surface area (Å²) in [6.45, 7) is 11.0. The van der Waals surface area contributed by atoms with Crippen molar-refractivity contribution in [3.8, 4) is 5.75 Å². The van der Waals surface area contributed by atoms with Crippen molar-refractivity contribution in [1.82, 2.24) is 0 Å². The molecule has 0 aliphatic carbocycles. The Bertz CT molecular complexity index is 925. The van der Waals surface area contributed by atoms with Gasteiger partial charge in [-0.25, -0.2) is 4.79 Å². The highest BCUT2D eigenvalue weighted by Gasteiger charge is 2.26. The fourth-order valence-corrected chi connectivity index (χ4v) is 2.80. The van der Waals surface area contributed by atoms with Gasteiger partial charge in [-0.05, 0) is 49.2 Å². The van der Waals surface area contributed by atoms with E-state index >= 15 is 0 Å². The molecule has 0 aliphatic heterocycles. The number of allylic oxidation sites excluding steroid dienone is 1. The molecule has 0 fully saturated rings. The van der Waals surface area contributed by atoms with E-state index in [0.29, 0.717) is 23.6 Å². The van der Waals surface area contributed by atoms with Crippen LogP contribution < -0.4 is 4.18 Å². The van der Waals surface area contributed by atoms with Gasteiger partial charge in [0.2, 0.25) is 0 Å². The third-order valence-corrected chi connectivity index (χ3v) is 5.17. The molecule has 6 heteroatoms. The summed E-state index contributed by atoms with van der Waals surface area (Å²) in [4.78, 5) is 23.3. The van der Waals surface area contributed by atoms with Gasteiger partial charge in [0.1, 0.15) is 5.75 Å². The van der Waals surface area contributed by atoms with E-state index in [4.69, 9.17) is 8.37 Å². The minimum Gasteiger partial charge on any atom is -0.481 e. The summed E-state index contributed by atoms with van der Waals surface area (Å²) in [5, 5.41) is 9.25. The van der Waals surface area contributed by atoms with E-state index in [0.717, 1.165) is 11.1 Å². The second-order valence-electron chi connectivity index (χ2n) is 7.95. The lowest BCUT2D eigenvalue weighted by molar-refractivity contribution is -0.144. The highest BCUT2D eigenvalue weighted by molar-refractivity contribution is 7.90. The maximum Gasteiger partial charge on any atom is 0.352 e. The average molecular weight is 427 g/mol. The molecule has 0 aromatic heterocycles. The van der Waals surface area contributed by atoms with Crippen LogP contribution in [0.3, 0.4) is 0 Å². The van der Waals surface area contributed by atoms with Crippen molar-refractivity contribution < 1.29 is 23.1 Å². The van der Waals surface area contributed by atoms with Gasteiger partial charge in [-0.2, -0.15) is 0 Å². The van der Waals surface area contributed by atoms with Crippen LogP contribution >= 0.6 is 12.3 Å². The topological polar surface area (TPSA) is 72.8 Å². The first kappa shape index (κ1) is 23.3. The molecule has 2 aromatic rings. The van der Waals surface area contributed by atoms with Crippen LogP contribution in [0.2, 0.25) is 0 Å². The molecular weight excluding hydrogens is 400 g/mol. The van der Waals surface area contributed by atoms with E-state index in [1.54, 1.807) is 62.4 Å². The molecule has 30 heavy (non-hydrogen) atoms. The number of carbonyl (C=O) groups is 2. The molecule has 0 saturated carbocycles. The molecule has 0 radical (unpaired) electrons. The first-order valence-corrected chi connectivity index (χ1v) is 10.0. The zero-order valence-corrected chi connectivity index (χ0v) is 18.4. The molecule has 5 nitrogen and oxygen atoms in total. The molecule has 0 aliphatic rings. The van der Waals surface area contributed by atoms with E-state index in [9.17, 15) is 14.7 Å². The number of benzene rings is 2. The Balaban J connectivity index is 1.93. The zero-order valence-electron chi connectivity index (χ0n) is 17.5. The molecule has 0 spiro atoms. The molecule has 2 rings (SSSR count). The van der Waals surface area contributed by atoms with Gasteiger partial charge in [0.15, 0.2) is 0 Å². The first-order chi connectivity index (χ1) is 14.0. The lowest BCUT2D eigenvalue weighted by atomic mass is 9.81. The van der Waals surface area contributed by atoms with Crippen LogP contribution in [0.4, 0.5) is 0 Å². The lowest BCUT2D eigenvalue weighted by Crippen LogP contribution is -2.22. The minimum atomic E-state index is -0.938. The third-order valence-electron chi connectivity index (χ3n) is 4.69. The highest BCUT2D eigenvalue weighted by Crippen LogP contribution is 2.30. The van der Waals surface area contributed by atoms with Crippen molar-refractivity contribution in [3.63, 3.8) is 0 Å². The Morgan fingerprint density at radius 3 is 2.10 bits per heavy atom. The Morgan fingerprint density at radius 2 is 1.57 bits per heavy atom. The molecule has 158 valence electrons. The smallest absolute Gasteiger partial charge is 0.352 e. The zero-order chi connectivity index (χ0) is 22.4. The average Bonchev–Trinajstić information content (AvgIpc) is 2.72. The van der Waals surface area contributed by atoms with Crippen molar-refractivity contribution >= 4 is 30.3 Å². The molecule has 0 amide bonds. The van der Waals surface area contributed by atoms with Gasteiger partial charge >= 0.3 is 11.9 Å². The van der Waals surface area contributed by atoms with E-state index < -0.39 is 17.4 Å². The molecule has 0 bridgehead atoms. The van der Waals surface area contributed by atoms with E-state index in [2.05, 4.69) is 6.58 Å². The van der Waals surface area contributed by atoms with Gasteiger partial charge in [0.25, 0.3) is 12.3 Å². The summed E-state index contributed by atoms with van der Waals surface area (Å²) < 4.78 is 10.5. The number of aliphatic carboxylic acids is 1. The van der Waals surface area contributed by atoms with Gasteiger partial charge < -0.3 is 13.5 Å². The Morgan fingerprint density at radius 1 is 0.967 bits per heavy atom. The maximum atomic E-state index is 12.0. The normalized spacial score (nSPS) is 11.9. The van der Waals surface area contributed by atoms with Crippen LogP contribution in [-0.2, 0) is 14.4 Å². The largest absolute Gasteiger partial charge is 0.481 e. The summed E-state index contributed by atoms with van der Waals surface area (Å²) in [5.74, 6) is -0.842. The van der Waals surface area contributed by atoms with Gasteiger partial charge in [0, 0.05) is 5.41 Å². The van der Waals surface area contributed by atoms with Crippen LogP contribution in [0.1, 0.15) is 49.2 Å². The van der Waals surface area contributed by atoms with Gasteiger partial charge in [0.05, 0.1) is 11.0 Å². The number of carboxylic acids is 1. The minimum absolute atomic E-state index is 0.359. The standard InChI is InChI=1S/C24H26O5S/c1-6-17-7-9-18(10-8-17)21(25)29-30-28-20-13-11-19(12-14-20)23(2,3)15-16-24(4,5)22(26)27/h6-16H,1H2,2-5H3,(H,26,27)/b16-15+. The van der Waals surface area contributed by atoms with E-state index in [-0.39, 0.29) is 5.41 Å². The van der Waals surface area contributed by atoms with Crippen molar-refractivity contribution in [2.45, 2.75) is 33.1 Å². The van der Waals surface area contributed by atoms with Crippen LogP contribution in [-0.4, -0.2) is 17.0 Å². The fourth-order valence-electron chi connectivity index (χ4n) is 2.41.